The van der Waals surface area contributed by atoms with Crippen LogP contribution in [0.4, 0.5) is 0 Å². The Labute approximate surface area is 206 Å². The molecular formula is C31H23BrN2. The fourth-order valence-electron chi connectivity index (χ4n) is 6.13. The summed E-state index contributed by atoms with van der Waals surface area (Å²) < 4.78 is 1.10. The Kier molecular flexibility index (Phi) is 4.53. The van der Waals surface area contributed by atoms with Crippen molar-refractivity contribution < 1.29 is 0 Å². The van der Waals surface area contributed by atoms with Crippen LogP contribution in [0.2, 0.25) is 0 Å². The van der Waals surface area contributed by atoms with Crippen LogP contribution in [0, 0.1) is 0 Å². The maximum Gasteiger partial charge on any atom is 0.0459 e. The molecule has 1 aliphatic carbocycles. The lowest BCUT2D eigenvalue weighted by molar-refractivity contribution is 0.594. The third-order valence-corrected chi connectivity index (χ3v) is 7.96. The Hall–Kier alpha value is -3.56. The molecule has 2 heterocycles. The maximum absolute atomic E-state index is 3.87. The number of para-hydroxylation sites is 1. The van der Waals surface area contributed by atoms with E-state index in [0.717, 1.165) is 4.47 Å². The summed E-state index contributed by atoms with van der Waals surface area (Å²) in [5.74, 6) is 0.752. The van der Waals surface area contributed by atoms with Crippen LogP contribution < -0.4 is 0 Å². The van der Waals surface area contributed by atoms with Crippen molar-refractivity contribution in [3.05, 3.63) is 142 Å². The van der Waals surface area contributed by atoms with Crippen LogP contribution in [-0.2, 0) is 0 Å². The van der Waals surface area contributed by atoms with E-state index in [1.807, 2.05) is 0 Å². The van der Waals surface area contributed by atoms with Gasteiger partial charge in [0.1, 0.15) is 0 Å². The van der Waals surface area contributed by atoms with Crippen LogP contribution in [-0.4, -0.2) is 9.97 Å². The largest absolute Gasteiger partial charge is 0.361 e. The van der Waals surface area contributed by atoms with Crippen molar-refractivity contribution in [2.45, 2.75) is 17.8 Å². The average Bonchev–Trinajstić information content (AvgIpc) is 3.55. The van der Waals surface area contributed by atoms with Gasteiger partial charge in [0.2, 0.25) is 0 Å². The number of hydrogen-bond acceptors (Lipinski definition) is 0. The molecule has 4 aromatic carbocycles. The van der Waals surface area contributed by atoms with Crippen LogP contribution in [0.15, 0.2) is 114 Å². The summed E-state index contributed by atoms with van der Waals surface area (Å²) in [7, 11) is 0. The molecule has 1 aliphatic rings. The van der Waals surface area contributed by atoms with Gasteiger partial charge < -0.3 is 9.97 Å². The molecule has 2 nitrogen and oxygen atoms in total. The van der Waals surface area contributed by atoms with Crippen LogP contribution in [0.25, 0.3) is 21.8 Å². The lowest BCUT2D eigenvalue weighted by Gasteiger charge is -2.27. The molecule has 7 rings (SSSR count). The minimum atomic E-state index is 0.207. The predicted molar refractivity (Wildman–Crippen MR) is 144 cm³/mol. The van der Waals surface area contributed by atoms with E-state index in [9.17, 15) is 0 Å². The molecule has 3 heteroatoms. The first-order chi connectivity index (χ1) is 16.8. The van der Waals surface area contributed by atoms with Gasteiger partial charge >= 0.3 is 0 Å². The highest BCUT2D eigenvalue weighted by Crippen LogP contribution is 2.59. The summed E-state index contributed by atoms with van der Waals surface area (Å²) in [5.41, 5.74) is 9.24. The van der Waals surface area contributed by atoms with E-state index >= 15 is 0 Å². The minimum Gasteiger partial charge on any atom is -0.361 e. The molecule has 6 aromatic rings. The molecule has 0 aliphatic heterocycles. The van der Waals surface area contributed by atoms with Crippen molar-refractivity contribution in [1.29, 1.82) is 0 Å². The Morgan fingerprint density at radius 3 is 2.12 bits per heavy atom. The Morgan fingerprint density at radius 2 is 1.32 bits per heavy atom. The Balaban J connectivity index is 1.57. The van der Waals surface area contributed by atoms with Gasteiger partial charge in [-0.05, 0) is 46.5 Å². The molecule has 3 atom stereocenters. The lowest BCUT2D eigenvalue weighted by atomic mass is 9.75. The fraction of sp³-hybridized carbons (Fsp3) is 0.0968. The van der Waals surface area contributed by atoms with Crippen molar-refractivity contribution in [3.8, 4) is 0 Å². The summed E-state index contributed by atoms with van der Waals surface area (Å²) in [4.78, 5) is 7.42. The van der Waals surface area contributed by atoms with Crippen molar-refractivity contribution in [3.63, 3.8) is 0 Å². The molecule has 2 N–H and O–H groups in total. The SMILES string of the molecule is Brc1ccc2[nH]cc([C@H]3c4[nH]c5ccccc5c4[C@@H](c4ccccc4)[C@@H]3c3ccccc3)c2c1. The third-order valence-electron chi connectivity index (χ3n) is 7.47. The topological polar surface area (TPSA) is 31.6 Å². The molecule has 0 radical (unpaired) electrons. The smallest absolute Gasteiger partial charge is 0.0459 e. The number of nitrogens with one attached hydrogen (secondary N) is 2. The van der Waals surface area contributed by atoms with Crippen LogP contribution in [0.1, 0.15) is 45.7 Å². The van der Waals surface area contributed by atoms with E-state index in [1.165, 1.54) is 49.8 Å². The number of benzene rings is 4. The normalized spacial score (nSPS) is 19.6. The second-order valence-corrected chi connectivity index (χ2v) is 10.2. The Morgan fingerprint density at radius 1 is 0.618 bits per heavy atom. The highest BCUT2D eigenvalue weighted by Gasteiger charge is 2.46. The zero-order valence-electron chi connectivity index (χ0n) is 18.5. The molecule has 0 unspecified atom stereocenters. The summed E-state index contributed by atoms with van der Waals surface area (Å²) in [5, 5.41) is 2.61. The van der Waals surface area contributed by atoms with Crippen LogP contribution >= 0.6 is 15.9 Å². The highest BCUT2D eigenvalue weighted by molar-refractivity contribution is 9.10. The Bertz CT molecular complexity index is 1630. The van der Waals surface area contributed by atoms with E-state index in [4.69, 9.17) is 0 Å². The van der Waals surface area contributed by atoms with Gasteiger partial charge in [-0.2, -0.15) is 0 Å². The molecule has 0 bridgehead atoms. The number of fused-ring (bicyclic) bond motifs is 4. The molecule has 0 saturated carbocycles. The van der Waals surface area contributed by atoms with E-state index in [2.05, 4.69) is 135 Å². The summed E-state index contributed by atoms with van der Waals surface area (Å²) in [6.45, 7) is 0. The van der Waals surface area contributed by atoms with Gasteiger partial charge in [-0.3, -0.25) is 0 Å². The first-order valence-electron chi connectivity index (χ1n) is 11.8. The zero-order valence-corrected chi connectivity index (χ0v) is 20.1. The van der Waals surface area contributed by atoms with Crippen molar-refractivity contribution in [1.82, 2.24) is 9.97 Å². The van der Waals surface area contributed by atoms with E-state index in [-0.39, 0.29) is 17.8 Å². The molecule has 34 heavy (non-hydrogen) atoms. The second-order valence-electron chi connectivity index (χ2n) is 9.23. The van der Waals surface area contributed by atoms with E-state index in [1.54, 1.807) is 0 Å². The monoisotopic (exact) mass is 502 g/mol. The molecular weight excluding hydrogens is 480 g/mol. The van der Waals surface area contributed by atoms with Gasteiger partial charge in [-0.15, -0.1) is 0 Å². The minimum absolute atomic E-state index is 0.207. The maximum atomic E-state index is 3.87. The molecule has 0 amide bonds. The van der Waals surface area contributed by atoms with Crippen LogP contribution in [0.3, 0.4) is 0 Å². The first kappa shape index (κ1) is 19.9. The quantitative estimate of drug-likeness (QED) is 0.243. The lowest BCUT2D eigenvalue weighted by Crippen LogP contribution is -2.14. The second kappa shape index (κ2) is 7.75. The van der Waals surface area contributed by atoms with Gasteiger partial charge in [0.05, 0.1) is 0 Å². The number of rotatable bonds is 3. The number of halogens is 1. The number of H-pyrrole nitrogens is 2. The highest BCUT2D eigenvalue weighted by atomic mass is 79.9. The van der Waals surface area contributed by atoms with Gasteiger partial charge in [-0.25, -0.2) is 0 Å². The standard InChI is InChI=1S/C31H23BrN2/c32-21-15-16-25-23(17-21)24(18-33-25)30-28(20-11-5-2-6-12-20)27(19-9-3-1-4-10-19)29-22-13-7-8-14-26(22)34-31(29)30/h1-18,27-28,30,33-34H/t27-,28-,30+/m0/s1. The molecule has 164 valence electrons. The fourth-order valence-corrected chi connectivity index (χ4v) is 6.49. The zero-order chi connectivity index (χ0) is 22.6. The molecule has 0 spiro atoms. The van der Waals surface area contributed by atoms with Gasteiger partial charge in [0.25, 0.3) is 0 Å². The number of hydrogen-bond donors (Lipinski definition) is 2. The molecule has 0 fully saturated rings. The van der Waals surface area contributed by atoms with Gasteiger partial charge in [0.15, 0.2) is 0 Å². The van der Waals surface area contributed by atoms with Crippen molar-refractivity contribution in [2.75, 3.05) is 0 Å². The van der Waals surface area contributed by atoms with E-state index < -0.39 is 0 Å². The third kappa shape index (κ3) is 2.93. The van der Waals surface area contributed by atoms with Gasteiger partial charge in [-0.1, -0.05) is 94.8 Å². The summed E-state index contributed by atoms with van der Waals surface area (Å²) >= 11 is 3.71. The van der Waals surface area contributed by atoms with Crippen molar-refractivity contribution >= 4 is 37.7 Å². The summed E-state index contributed by atoms with van der Waals surface area (Å²) in [6, 6.07) is 37.4. The van der Waals surface area contributed by atoms with Gasteiger partial charge in [0, 0.05) is 55.9 Å². The van der Waals surface area contributed by atoms with Crippen LogP contribution in [0.5, 0.6) is 0 Å². The number of aromatic amines is 2. The number of aromatic nitrogens is 2. The first-order valence-corrected chi connectivity index (χ1v) is 12.6. The van der Waals surface area contributed by atoms with E-state index in [0.29, 0.717) is 0 Å². The average molecular weight is 503 g/mol. The summed E-state index contributed by atoms with van der Waals surface area (Å²) in [6.07, 6.45) is 2.22. The molecule has 2 aromatic heterocycles. The molecule has 0 saturated heterocycles. The predicted octanol–water partition coefficient (Wildman–Crippen LogP) is 8.47. The van der Waals surface area contributed by atoms with Crippen molar-refractivity contribution in [2.24, 2.45) is 0 Å².